The Kier molecular flexibility index (Phi) is 4.65. The molecule has 9 nitrogen and oxygen atoms in total. The molecule has 0 aliphatic carbocycles. The van der Waals surface area contributed by atoms with Crippen molar-refractivity contribution in [3.63, 3.8) is 0 Å². The van der Waals surface area contributed by atoms with E-state index in [0.717, 1.165) is 44.5 Å². The van der Waals surface area contributed by atoms with E-state index in [1.165, 1.54) is 0 Å². The molecule has 0 bridgehead atoms. The van der Waals surface area contributed by atoms with Gasteiger partial charge in [-0.05, 0) is 13.0 Å². The summed E-state index contributed by atoms with van der Waals surface area (Å²) in [7, 11) is 0. The van der Waals surface area contributed by atoms with E-state index in [1.54, 1.807) is 18.7 Å². The van der Waals surface area contributed by atoms with E-state index >= 15 is 0 Å². The summed E-state index contributed by atoms with van der Waals surface area (Å²) < 4.78 is 1.82. The molecule has 3 rings (SSSR count). The number of nitrogens with zero attached hydrogens (tertiary/aromatic N) is 8. The molecule has 0 saturated carbocycles. The summed E-state index contributed by atoms with van der Waals surface area (Å²) in [6.45, 7) is 6.50. The molecule has 0 amide bonds. The SMILES string of the molecule is CCn1ncnc1CN=C(N)N1CCN(c2ncccn2)CC1. The maximum Gasteiger partial charge on any atom is 0.225 e. The van der Waals surface area contributed by atoms with E-state index < -0.39 is 0 Å². The zero-order chi connectivity index (χ0) is 16.1. The van der Waals surface area contributed by atoms with E-state index in [-0.39, 0.29) is 0 Å². The molecule has 0 unspecified atom stereocenters. The smallest absolute Gasteiger partial charge is 0.225 e. The highest BCUT2D eigenvalue weighted by molar-refractivity contribution is 5.78. The molecular weight excluding hydrogens is 294 g/mol. The van der Waals surface area contributed by atoms with Crippen LogP contribution in [0.3, 0.4) is 0 Å². The first-order chi connectivity index (χ1) is 11.3. The molecule has 0 aromatic carbocycles. The van der Waals surface area contributed by atoms with Gasteiger partial charge in [-0.2, -0.15) is 5.10 Å². The van der Waals surface area contributed by atoms with Crippen LogP contribution in [0.15, 0.2) is 29.8 Å². The van der Waals surface area contributed by atoms with Crippen molar-refractivity contribution in [1.29, 1.82) is 0 Å². The minimum Gasteiger partial charge on any atom is -0.370 e. The van der Waals surface area contributed by atoms with Gasteiger partial charge in [0.25, 0.3) is 0 Å². The van der Waals surface area contributed by atoms with E-state index in [2.05, 4.69) is 34.8 Å². The monoisotopic (exact) mass is 315 g/mol. The van der Waals surface area contributed by atoms with E-state index in [1.807, 2.05) is 17.7 Å². The predicted molar refractivity (Wildman–Crippen MR) is 86.8 cm³/mol. The highest BCUT2D eigenvalue weighted by Gasteiger charge is 2.19. The fourth-order valence-electron chi connectivity index (χ4n) is 2.52. The molecule has 2 aromatic rings. The van der Waals surface area contributed by atoms with Crippen LogP contribution in [0.1, 0.15) is 12.7 Å². The van der Waals surface area contributed by atoms with Crippen LogP contribution in [0.4, 0.5) is 5.95 Å². The lowest BCUT2D eigenvalue weighted by Gasteiger charge is -2.35. The molecular formula is C14H21N9. The minimum absolute atomic E-state index is 0.446. The van der Waals surface area contributed by atoms with Crippen LogP contribution in [0, 0.1) is 0 Å². The lowest BCUT2D eigenvalue weighted by atomic mass is 10.3. The molecule has 0 spiro atoms. The van der Waals surface area contributed by atoms with Crippen LogP contribution in [0.2, 0.25) is 0 Å². The second kappa shape index (κ2) is 7.03. The number of hydrogen-bond acceptors (Lipinski definition) is 6. The van der Waals surface area contributed by atoms with Gasteiger partial charge in [0.05, 0.1) is 0 Å². The summed E-state index contributed by atoms with van der Waals surface area (Å²) in [6, 6.07) is 1.82. The van der Waals surface area contributed by atoms with Crippen LogP contribution in [-0.4, -0.2) is 61.8 Å². The van der Waals surface area contributed by atoms with Gasteiger partial charge >= 0.3 is 0 Å². The number of rotatable bonds is 4. The molecule has 122 valence electrons. The third kappa shape index (κ3) is 3.55. The molecule has 1 aliphatic heterocycles. The number of aryl methyl sites for hydroxylation is 1. The largest absolute Gasteiger partial charge is 0.370 e. The van der Waals surface area contributed by atoms with Gasteiger partial charge in [-0.25, -0.2) is 24.6 Å². The van der Waals surface area contributed by atoms with Gasteiger partial charge in [0, 0.05) is 45.1 Å². The fraction of sp³-hybridized carbons (Fsp3) is 0.500. The lowest BCUT2D eigenvalue weighted by Crippen LogP contribution is -2.51. The molecule has 0 atom stereocenters. The Morgan fingerprint density at radius 2 is 1.91 bits per heavy atom. The predicted octanol–water partition coefficient (Wildman–Crippen LogP) is -0.275. The quantitative estimate of drug-likeness (QED) is 0.612. The first-order valence-electron chi connectivity index (χ1n) is 7.71. The van der Waals surface area contributed by atoms with Crippen LogP contribution in [0.25, 0.3) is 0 Å². The second-order valence-corrected chi connectivity index (χ2v) is 5.19. The summed E-state index contributed by atoms with van der Waals surface area (Å²) in [6.07, 6.45) is 5.06. The van der Waals surface area contributed by atoms with Crippen LogP contribution in [0.5, 0.6) is 0 Å². The summed E-state index contributed by atoms with van der Waals surface area (Å²) in [5.74, 6) is 2.13. The molecule has 2 N–H and O–H groups in total. The van der Waals surface area contributed by atoms with Gasteiger partial charge in [-0.15, -0.1) is 0 Å². The minimum atomic E-state index is 0.446. The summed E-state index contributed by atoms with van der Waals surface area (Å²) in [4.78, 5) is 21.4. The summed E-state index contributed by atoms with van der Waals surface area (Å²) >= 11 is 0. The van der Waals surface area contributed by atoms with Crippen molar-refractivity contribution in [2.45, 2.75) is 20.0 Å². The Morgan fingerprint density at radius 3 is 2.61 bits per heavy atom. The van der Waals surface area contributed by atoms with Crippen molar-refractivity contribution in [2.24, 2.45) is 10.7 Å². The number of guanidine groups is 1. The number of nitrogens with two attached hydrogens (primary N) is 1. The van der Waals surface area contributed by atoms with Crippen molar-refractivity contribution in [1.82, 2.24) is 29.6 Å². The molecule has 0 radical (unpaired) electrons. The van der Waals surface area contributed by atoms with Gasteiger partial charge in [0.2, 0.25) is 5.95 Å². The van der Waals surface area contributed by atoms with Gasteiger partial charge in [-0.3, -0.25) is 0 Å². The van der Waals surface area contributed by atoms with Gasteiger partial charge in [0.1, 0.15) is 18.7 Å². The Labute approximate surface area is 134 Å². The molecule has 1 saturated heterocycles. The van der Waals surface area contributed by atoms with E-state index in [9.17, 15) is 0 Å². The highest BCUT2D eigenvalue weighted by Crippen LogP contribution is 2.09. The van der Waals surface area contributed by atoms with Crippen LogP contribution >= 0.6 is 0 Å². The van der Waals surface area contributed by atoms with Crippen molar-refractivity contribution in [2.75, 3.05) is 31.1 Å². The highest BCUT2D eigenvalue weighted by atomic mass is 15.4. The van der Waals surface area contributed by atoms with Crippen LogP contribution < -0.4 is 10.6 Å². The van der Waals surface area contributed by atoms with Crippen molar-refractivity contribution in [3.05, 3.63) is 30.6 Å². The Hall–Kier alpha value is -2.71. The van der Waals surface area contributed by atoms with Crippen LogP contribution in [-0.2, 0) is 13.1 Å². The third-order valence-corrected chi connectivity index (χ3v) is 3.82. The average Bonchev–Trinajstić information content (AvgIpc) is 3.08. The number of aromatic nitrogens is 5. The van der Waals surface area contributed by atoms with Gasteiger partial charge in [-0.1, -0.05) is 0 Å². The molecule has 1 fully saturated rings. The first-order valence-corrected chi connectivity index (χ1v) is 7.71. The maximum absolute atomic E-state index is 6.11. The summed E-state index contributed by atoms with van der Waals surface area (Å²) in [5, 5.41) is 4.13. The third-order valence-electron chi connectivity index (χ3n) is 3.82. The molecule has 23 heavy (non-hydrogen) atoms. The lowest BCUT2D eigenvalue weighted by molar-refractivity contribution is 0.377. The topological polar surface area (TPSA) is 101 Å². The normalized spacial score (nSPS) is 16.0. The van der Waals surface area contributed by atoms with Crippen molar-refractivity contribution in [3.8, 4) is 0 Å². The molecule has 1 aliphatic rings. The maximum atomic E-state index is 6.11. The Morgan fingerprint density at radius 1 is 1.17 bits per heavy atom. The summed E-state index contributed by atoms with van der Waals surface area (Å²) in [5.41, 5.74) is 6.11. The average molecular weight is 315 g/mol. The fourth-order valence-corrected chi connectivity index (χ4v) is 2.52. The molecule has 2 aromatic heterocycles. The van der Waals surface area contributed by atoms with Gasteiger partial charge < -0.3 is 15.5 Å². The molecule has 9 heteroatoms. The Balaban J connectivity index is 1.55. The number of piperazine rings is 1. The van der Waals surface area contributed by atoms with Gasteiger partial charge in [0.15, 0.2) is 5.96 Å². The molecule has 3 heterocycles. The Bertz CT molecular complexity index is 643. The standard InChI is InChI=1S/C14H21N9/c1-2-23-12(19-11-20-23)10-18-13(15)21-6-8-22(9-7-21)14-16-4-3-5-17-14/h3-5,11H,2,6-10H2,1H3,(H2,15,18). The first kappa shape index (κ1) is 15.2. The zero-order valence-electron chi connectivity index (χ0n) is 13.2. The number of hydrogen-bond donors (Lipinski definition) is 1. The zero-order valence-corrected chi connectivity index (χ0v) is 13.2. The van der Waals surface area contributed by atoms with E-state index in [0.29, 0.717) is 12.5 Å². The van der Waals surface area contributed by atoms with E-state index in [4.69, 9.17) is 5.73 Å². The van der Waals surface area contributed by atoms with Crippen molar-refractivity contribution >= 4 is 11.9 Å². The number of anilines is 1. The second-order valence-electron chi connectivity index (χ2n) is 5.19. The van der Waals surface area contributed by atoms with Crippen molar-refractivity contribution < 1.29 is 0 Å². The number of aliphatic imine (C=N–C) groups is 1.